The fraction of sp³-hybridized carbons (Fsp3) is 1.00. The van der Waals surface area contributed by atoms with Gasteiger partial charge in [0, 0.05) is 5.25 Å². The van der Waals surface area contributed by atoms with Crippen LogP contribution in [0, 0.1) is 0 Å². The molecule has 0 nitrogen and oxygen atoms in total. The van der Waals surface area contributed by atoms with Crippen LogP contribution in [-0.4, -0.2) is 11.5 Å². The van der Waals surface area contributed by atoms with Crippen molar-refractivity contribution in [1.82, 2.24) is 0 Å². The lowest BCUT2D eigenvalue weighted by Crippen LogP contribution is -1.86. The van der Waals surface area contributed by atoms with E-state index in [2.05, 4.69) is 20.1 Å². The van der Waals surface area contributed by atoms with Gasteiger partial charge in [0.2, 0.25) is 0 Å². The molecular formula is C5H12S3. The van der Waals surface area contributed by atoms with Crippen molar-refractivity contribution in [2.75, 3.05) is 6.26 Å². The Morgan fingerprint density at radius 1 is 1.50 bits per heavy atom. The fourth-order valence-corrected chi connectivity index (χ4v) is 3.48. The molecule has 0 N–H and O–H groups in total. The minimum Gasteiger partial charge on any atom is -0.0860 e. The first-order valence-corrected chi connectivity index (χ1v) is 6.62. The average molecular weight is 168 g/mol. The highest BCUT2D eigenvalue weighted by atomic mass is 33.5. The molecule has 0 aromatic carbocycles. The van der Waals surface area contributed by atoms with Gasteiger partial charge in [-0.1, -0.05) is 35.4 Å². The van der Waals surface area contributed by atoms with E-state index in [-0.39, 0.29) is 0 Å². The molecule has 0 aromatic heterocycles. The molecule has 0 rings (SSSR count). The quantitative estimate of drug-likeness (QED) is 0.590. The molecule has 1 unspecified atom stereocenters. The Bertz CT molecular complexity index is 46.9. The van der Waals surface area contributed by atoms with Gasteiger partial charge in [0.05, 0.1) is 0 Å². The Kier molecular flexibility index (Phi) is 6.98. The van der Waals surface area contributed by atoms with E-state index in [1.165, 1.54) is 6.42 Å². The molecule has 0 saturated heterocycles. The molecule has 0 aliphatic rings. The second-order valence-corrected chi connectivity index (χ2v) is 6.23. The SMILES string of the molecule is CCC(C)SSSC. The second kappa shape index (κ2) is 6.17. The van der Waals surface area contributed by atoms with Crippen molar-refractivity contribution >= 4 is 31.4 Å². The zero-order valence-corrected chi connectivity index (χ0v) is 7.96. The fourth-order valence-electron chi connectivity index (χ4n) is 0.174. The van der Waals surface area contributed by atoms with Crippen LogP contribution in [0.2, 0.25) is 0 Å². The molecule has 0 heterocycles. The van der Waals surface area contributed by atoms with Gasteiger partial charge >= 0.3 is 0 Å². The summed E-state index contributed by atoms with van der Waals surface area (Å²) in [7, 11) is 5.66. The Hall–Kier alpha value is 1.05. The summed E-state index contributed by atoms with van der Waals surface area (Å²) in [5, 5.41) is 0.812. The smallest absolute Gasteiger partial charge is 0.0128 e. The predicted molar refractivity (Wildman–Crippen MR) is 48.5 cm³/mol. The Balaban J connectivity index is 2.86. The van der Waals surface area contributed by atoms with Crippen LogP contribution in [0.1, 0.15) is 20.3 Å². The van der Waals surface area contributed by atoms with Crippen LogP contribution in [0.25, 0.3) is 0 Å². The van der Waals surface area contributed by atoms with Gasteiger partial charge in [0.15, 0.2) is 0 Å². The van der Waals surface area contributed by atoms with Crippen molar-refractivity contribution in [2.45, 2.75) is 25.5 Å². The summed E-state index contributed by atoms with van der Waals surface area (Å²) in [5.41, 5.74) is 0. The van der Waals surface area contributed by atoms with Crippen molar-refractivity contribution in [1.29, 1.82) is 0 Å². The van der Waals surface area contributed by atoms with E-state index >= 15 is 0 Å². The summed E-state index contributed by atoms with van der Waals surface area (Å²) >= 11 is 0. The third-order valence-corrected chi connectivity index (χ3v) is 5.28. The summed E-state index contributed by atoms with van der Waals surface area (Å²) in [6.45, 7) is 4.48. The van der Waals surface area contributed by atoms with Gasteiger partial charge in [-0.3, -0.25) is 0 Å². The first-order valence-electron chi connectivity index (χ1n) is 2.67. The minimum absolute atomic E-state index is 0.812. The van der Waals surface area contributed by atoms with Crippen LogP contribution in [0.4, 0.5) is 0 Å². The normalized spacial score (nSPS) is 13.9. The van der Waals surface area contributed by atoms with Gasteiger partial charge in [-0.05, 0) is 22.5 Å². The topological polar surface area (TPSA) is 0 Å². The van der Waals surface area contributed by atoms with Gasteiger partial charge in [0.25, 0.3) is 0 Å². The van der Waals surface area contributed by atoms with E-state index in [4.69, 9.17) is 0 Å². The zero-order chi connectivity index (χ0) is 6.41. The number of rotatable bonds is 4. The minimum atomic E-state index is 0.812. The van der Waals surface area contributed by atoms with E-state index in [0.717, 1.165) is 5.25 Å². The molecule has 0 saturated carbocycles. The maximum atomic E-state index is 2.26. The summed E-state index contributed by atoms with van der Waals surface area (Å²) < 4.78 is 0. The Morgan fingerprint density at radius 3 is 2.50 bits per heavy atom. The van der Waals surface area contributed by atoms with E-state index in [9.17, 15) is 0 Å². The highest BCUT2D eigenvalue weighted by Gasteiger charge is 1.96. The van der Waals surface area contributed by atoms with Crippen LogP contribution < -0.4 is 0 Å². The van der Waals surface area contributed by atoms with E-state index in [0.29, 0.717) is 0 Å². The molecule has 0 aromatic rings. The summed E-state index contributed by atoms with van der Waals surface area (Å²) in [6.07, 6.45) is 3.39. The van der Waals surface area contributed by atoms with E-state index in [1.807, 2.05) is 31.4 Å². The van der Waals surface area contributed by atoms with Crippen LogP contribution in [0.3, 0.4) is 0 Å². The number of hydrogen-bond donors (Lipinski definition) is 0. The molecule has 50 valence electrons. The lowest BCUT2D eigenvalue weighted by Gasteiger charge is -2.02. The highest BCUT2D eigenvalue weighted by molar-refractivity contribution is 9.09. The van der Waals surface area contributed by atoms with Gasteiger partial charge in [-0.15, -0.1) is 0 Å². The maximum absolute atomic E-state index is 2.26. The summed E-state index contributed by atoms with van der Waals surface area (Å²) in [5.74, 6) is 0. The molecule has 0 bridgehead atoms. The van der Waals surface area contributed by atoms with Crippen LogP contribution in [0.5, 0.6) is 0 Å². The van der Waals surface area contributed by atoms with Crippen molar-refractivity contribution in [3.63, 3.8) is 0 Å². The monoisotopic (exact) mass is 168 g/mol. The molecule has 8 heavy (non-hydrogen) atoms. The summed E-state index contributed by atoms with van der Waals surface area (Å²) in [6, 6.07) is 0. The van der Waals surface area contributed by atoms with Crippen LogP contribution in [0.15, 0.2) is 0 Å². The highest BCUT2D eigenvalue weighted by Crippen LogP contribution is 2.36. The third-order valence-electron chi connectivity index (χ3n) is 0.847. The Labute approximate surface area is 63.4 Å². The van der Waals surface area contributed by atoms with Crippen molar-refractivity contribution in [3.05, 3.63) is 0 Å². The molecular weight excluding hydrogens is 156 g/mol. The van der Waals surface area contributed by atoms with E-state index in [1.54, 1.807) is 0 Å². The van der Waals surface area contributed by atoms with Crippen molar-refractivity contribution < 1.29 is 0 Å². The van der Waals surface area contributed by atoms with Gasteiger partial charge in [0.1, 0.15) is 0 Å². The standard InChI is InChI=1S/C5H12S3/c1-4-5(2)7-8-6-3/h5H,4H2,1-3H3. The zero-order valence-electron chi connectivity index (χ0n) is 5.51. The molecule has 0 amide bonds. The van der Waals surface area contributed by atoms with Crippen molar-refractivity contribution in [3.8, 4) is 0 Å². The predicted octanol–water partition coefficient (Wildman–Crippen LogP) is 3.44. The molecule has 3 heteroatoms. The third kappa shape index (κ3) is 5.19. The second-order valence-electron chi connectivity index (χ2n) is 1.55. The molecule has 0 aliphatic carbocycles. The molecule has 0 radical (unpaired) electrons. The first kappa shape index (κ1) is 9.05. The lowest BCUT2D eigenvalue weighted by atomic mass is 10.4. The molecule has 1 atom stereocenters. The van der Waals surface area contributed by atoms with E-state index < -0.39 is 0 Å². The first-order chi connectivity index (χ1) is 3.81. The molecule has 0 aliphatic heterocycles. The average Bonchev–Trinajstić information content (AvgIpc) is 1.83. The van der Waals surface area contributed by atoms with Gasteiger partial charge in [-0.2, -0.15) is 0 Å². The van der Waals surface area contributed by atoms with Crippen molar-refractivity contribution in [2.24, 2.45) is 0 Å². The van der Waals surface area contributed by atoms with Gasteiger partial charge in [-0.25, -0.2) is 0 Å². The lowest BCUT2D eigenvalue weighted by molar-refractivity contribution is 0.912. The maximum Gasteiger partial charge on any atom is 0.0128 e. The molecule has 0 fully saturated rings. The largest absolute Gasteiger partial charge is 0.0860 e. The summed E-state index contributed by atoms with van der Waals surface area (Å²) in [4.78, 5) is 0. The molecule has 0 spiro atoms. The number of hydrogen-bond acceptors (Lipinski definition) is 3. The Morgan fingerprint density at radius 2 is 2.12 bits per heavy atom. The van der Waals surface area contributed by atoms with Crippen LogP contribution >= 0.6 is 31.4 Å². The van der Waals surface area contributed by atoms with Gasteiger partial charge < -0.3 is 0 Å². The van der Waals surface area contributed by atoms with Crippen LogP contribution in [-0.2, 0) is 0 Å².